The van der Waals surface area contributed by atoms with Crippen LogP contribution < -0.4 is 4.74 Å². The molecule has 2 aromatic rings. The van der Waals surface area contributed by atoms with Crippen LogP contribution >= 0.6 is 0 Å². The van der Waals surface area contributed by atoms with Gasteiger partial charge in [0.1, 0.15) is 5.75 Å². The van der Waals surface area contributed by atoms with Crippen molar-refractivity contribution in [1.29, 1.82) is 0 Å². The number of rotatable bonds is 4. The molecule has 1 aromatic heterocycles. The normalized spacial score (nSPS) is 32.4. The third-order valence-corrected chi connectivity index (χ3v) is 6.95. The van der Waals surface area contributed by atoms with Gasteiger partial charge in [-0.1, -0.05) is 18.2 Å². The first-order valence-corrected chi connectivity index (χ1v) is 10.3. The average Bonchev–Trinajstić information content (AvgIpc) is 3.10. The van der Waals surface area contributed by atoms with Gasteiger partial charge in [-0.25, -0.2) is 0 Å². The van der Waals surface area contributed by atoms with Crippen LogP contribution in [0, 0.1) is 12.8 Å². The van der Waals surface area contributed by atoms with E-state index in [4.69, 9.17) is 9.72 Å². The Morgan fingerprint density at radius 3 is 2.52 bits per heavy atom. The van der Waals surface area contributed by atoms with E-state index in [9.17, 15) is 0 Å². The molecule has 4 heteroatoms. The van der Waals surface area contributed by atoms with Gasteiger partial charge in [0.15, 0.2) is 0 Å². The molecule has 27 heavy (non-hydrogen) atoms. The Bertz CT molecular complexity index is 798. The maximum Gasteiger partial charge on any atom is 0.118 e. The third kappa shape index (κ3) is 3.05. The molecule has 142 valence electrons. The van der Waals surface area contributed by atoms with E-state index in [1.165, 1.54) is 37.2 Å². The fraction of sp³-hybridized carbons (Fsp3) is 0.522. The van der Waals surface area contributed by atoms with E-state index in [0.717, 1.165) is 30.5 Å². The molecular formula is C23H29N3O. The number of hydrogen-bond acceptors (Lipinski definition) is 4. The van der Waals surface area contributed by atoms with Gasteiger partial charge in [0.05, 0.1) is 12.8 Å². The van der Waals surface area contributed by atoms with Crippen LogP contribution in [0.5, 0.6) is 5.75 Å². The maximum atomic E-state index is 5.37. The summed E-state index contributed by atoms with van der Waals surface area (Å²) in [6.45, 7) is 6.74. The molecule has 5 heterocycles. The van der Waals surface area contributed by atoms with Crippen LogP contribution in [0.25, 0.3) is 0 Å². The van der Waals surface area contributed by atoms with Gasteiger partial charge < -0.3 is 4.74 Å². The molecule has 0 aliphatic carbocycles. The number of aromatic nitrogens is 1. The summed E-state index contributed by atoms with van der Waals surface area (Å²) < 4.78 is 5.37. The quantitative estimate of drug-likeness (QED) is 0.832. The fourth-order valence-electron chi connectivity index (χ4n) is 5.76. The first-order valence-electron chi connectivity index (χ1n) is 10.3. The number of ether oxygens (including phenoxy) is 1. The van der Waals surface area contributed by atoms with Crippen LogP contribution in [-0.4, -0.2) is 53.6 Å². The zero-order valence-electron chi connectivity index (χ0n) is 16.3. The molecule has 6 rings (SSSR count). The molecule has 1 aromatic carbocycles. The second kappa shape index (κ2) is 6.92. The maximum absolute atomic E-state index is 5.37. The molecule has 0 saturated carbocycles. The van der Waals surface area contributed by atoms with Crippen molar-refractivity contribution in [3.8, 4) is 5.75 Å². The minimum absolute atomic E-state index is 0.578. The predicted molar refractivity (Wildman–Crippen MR) is 107 cm³/mol. The van der Waals surface area contributed by atoms with E-state index in [2.05, 4.69) is 59.2 Å². The Hall–Kier alpha value is -1.91. The molecule has 2 bridgehead atoms. The average molecular weight is 364 g/mol. The summed E-state index contributed by atoms with van der Waals surface area (Å²) in [4.78, 5) is 10.3. The monoisotopic (exact) mass is 363 g/mol. The molecule has 3 atom stereocenters. The Balaban J connectivity index is 1.45. The number of nitrogens with zero attached hydrogens (tertiary/aromatic N) is 3. The summed E-state index contributed by atoms with van der Waals surface area (Å²) in [7, 11) is 1.74. The van der Waals surface area contributed by atoms with Gasteiger partial charge >= 0.3 is 0 Å². The molecular weight excluding hydrogens is 334 g/mol. The Labute approximate surface area is 162 Å². The second-order valence-electron chi connectivity index (χ2n) is 8.43. The molecule has 4 saturated heterocycles. The van der Waals surface area contributed by atoms with Crippen LogP contribution in [0.1, 0.15) is 35.7 Å². The number of pyridine rings is 1. The molecule has 4 nitrogen and oxygen atoms in total. The summed E-state index contributed by atoms with van der Waals surface area (Å²) in [5.74, 6) is 2.36. The van der Waals surface area contributed by atoms with E-state index in [1.54, 1.807) is 7.11 Å². The van der Waals surface area contributed by atoms with Crippen molar-refractivity contribution in [1.82, 2.24) is 14.8 Å². The smallest absolute Gasteiger partial charge is 0.118 e. The first kappa shape index (κ1) is 17.2. The van der Waals surface area contributed by atoms with Crippen molar-refractivity contribution in [2.45, 2.75) is 44.3 Å². The number of piperidine rings is 3. The lowest BCUT2D eigenvalue weighted by Crippen LogP contribution is -2.60. The molecule has 0 amide bonds. The second-order valence-corrected chi connectivity index (χ2v) is 8.43. The first-order chi connectivity index (χ1) is 13.2. The van der Waals surface area contributed by atoms with Gasteiger partial charge in [0, 0.05) is 36.8 Å². The highest BCUT2D eigenvalue weighted by molar-refractivity contribution is 5.33. The van der Waals surface area contributed by atoms with Crippen LogP contribution in [0.4, 0.5) is 0 Å². The summed E-state index contributed by atoms with van der Waals surface area (Å²) in [5.41, 5.74) is 3.78. The van der Waals surface area contributed by atoms with Crippen LogP contribution in [0.3, 0.4) is 0 Å². The zero-order valence-corrected chi connectivity index (χ0v) is 16.3. The number of hydrogen-bond donors (Lipinski definition) is 0. The van der Waals surface area contributed by atoms with Crippen molar-refractivity contribution < 1.29 is 4.74 Å². The number of fused-ring (bicyclic) bond motifs is 2. The number of likely N-dealkylation sites (tertiary alicyclic amines) is 1. The lowest BCUT2D eigenvalue weighted by molar-refractivity contribution is -0.00898. The van der Waals surface area contributed by atoms with Crippen molar-refractivity contribution in [3.05, 3.63) is 59.4 Å². The molecule has 4 aliphatic rings. The Morgan fingerprint density at radius 2 is 1.81 bits per heavy atom. The number of aryl methyl sites for hydroxylation is 1. The van der Waals surface area contributed by atoms with E-state index < -0.39 is 0 Å². The van der Waals surface area contributed by atoms with E-state index in [0.29, 0.717) is 18.0 Å². The largest absolute Gasteiger partial charge is 0.497 e. The van der Waals surface area contributed by atoms with Crippen LogP contribution in [0.15, 0.2) is 42.5 Å². The molecule has 4 aliphatic heterocycles. The van der Waals surface area contributed by atoms with E-state index >= 15 is 0 Å². The summed E-state index contributed by atoms with van der Waals surface area (Å²) >= 11 is 0. The highest BCUT2D eigenvalue weighted by Gasteiger charge is 2.53. The van der Waals surface area contributed by atoms with Gasteiger partial charge in [0.25, 0.3) is 0 Å². The van der Waals surface area contributed by atoms with Crippen molar-refractivity contribution >= 4 is 0 Å². The van der Waals surface area contributed by atoms with Crippen molar-refractivity contribution in [2.24, 2.45) is 5.92 Å². The van der Waals surface area contributed by atoms with Crippen LogP contribution in [-0.2, 0) is 6.54 Å². The van der Waals surface area contributed by atoms with Gasteiger partial charge in [-0.2, -0.15) is 0 Å². The van der Waals surface area contributed by atoms with Crippen molar-refractivity contribution in [2.75, 3.05) is 26.7 Å². The van der Waals surface area contributed by atoms with E-state index in [-0.39, 0.29) is 0 Å². The van der Waals surface area contributed by atoms with E-state index in [1.807, 2.05) is 0 Å². The third-order valence-electron chi connectivity index (χ3n) is 6.95. The Kier molecular flexibility index (Phi) is 4.41. The van der Waals surface area contributed by atoms with Crippen LogP contribution in [0.2, 0.25) is 0 Å². The van der Waals surface area contributed by atoms with Gasteiger partial charge in [-0.3, -0.25) is 14.8 Å². The Morgan fingerprint density at radius 1 is 1.04 bits per heavy atom. The minimum Gasteiger partial charge on any atom is -0.497 e. The topological polar surface area (TPSA) is 28.6 Å². The SMILES string of the molecule is COc1ccc([C@@H]2CN(Cc3cccc(C)n3)[C@@H]3C4CCN(CC4)[C@@H]32)cc1. The summed E-state index contributed by atoms with van der Waals surface area (Å²) in [6, 6.07) is 16.5. The highest BCUT2D eigenvalue weighted by atomic mass is 16.5. The van der Waals surface area contributed by atoms with Gasteiger partial charge in [0.2, 0.25) is 0 Å². The standard InChI is InChI=1S/C23H29N3O/c1-16-4-3-5-19(24-16)14-26-15-21(17-6-8-20(27-2)9-7-17)23-22(26)18-10-12-25(23)13-11-18/h3-9,18,21-23H,10-15H2,1-2H3/t21-,22+,23+/m0/s1. The van der Waals surface area contributed by atoms with Gasteiger partial charge in [-0.05, 0) is 68.6 Å². The molecule has 4 fully saturated rings. The molecule has 0 N–H and O–H groups in total. The molecule has 0 unspecified atom stereocenters. The molecule has 0 spiro atoms. The van der Waals surface area contributed by atoms with Gasteiger partial charge in [-0.15, -0.1) is 0 Å². The number of benzene rings is 1. The lowest BCUT2D eigenvalue weighted by Gasteiger charge is -2.51. The zero-order chi connectivity index (χ0) is 18.4. The highest BCUT2D eigenvalue weighted by Crippen LogP contribution is 2.47. The summed E-state index contributed by atoms with van der Waals surface area (Å²) in [6.07, 6.45) is 2.71. The fourth-order valence-corrected chi connectivity index (χ4v) is 5.76. The molecule has 0 radical (unpaired) electrons. The summed E-state index contributed by atoms with van der Waals surface area (Å²) in [5, 5.41) is 0. The minimum atomic E-state index is 0.578. The predicted octanol–water partition coefficient (Wildman–Crippen LogP) is 3.46. The lowest BCUT2D eigenvalue weighted by atomic mass is 9.75. The van der Waals surface area contributed by atoms with Crippen molar-refractivity contribution in [3.63, 3.8) is 0 Å². The number of methoxy groups -OCH3 is 1.